The highest BCUT2D eigenvalue weighted by molar-refractivity contribution is 4.95. The predicted octanol–water partition coefficient (Wildman–Crippen LogP) is 3.05. The van der Waals surface area contributed by atoms with Crippen molar-refractivity contribution in [1.29, 1.82) is 5.26 Å². The molecule has 13 heavy (non-hydrogen) atoms. The van der Waals surface area contributed by atoms with Crippen molar-refractivity contribution < 1.29 is 0 Å². The monoisotopic (exact) mass is 178 g/mol. The lowest BCUT2D eigenvalue weighted by Crippen LogP contribution is -2.15. The minimum atomic E-state index is 0.795. The van der Waals surface area contributed by atoms with Crippen molar-refractivity contribution in [3.8, 4) is 6.19 Å². The third-order valence-electron chi connectivity index (χ3n) is 1.87. The van der Waals surface area contributed by atoms with Gasteiger partial charge in [0.1, 0.15) is 0 Å². The van der Waals surface area contributed by atoms with Crippen LogP contribution >= 0.6 is 0 Å². The summed E-state index contributed by atoms with van der Waals surface area (Å²) in [6.45, 7) is 10.0. The van der Waals surface area contributed by atoms with Crippen molar-refractivity contribution >= 4 is 0 Å². The van der Waals surface area contributed by atoms with E-state index in [1.165, 1.54) is 6.42 Å². The zero-order valence-corrected chi connectivity index (χ0v) is 8.42. The minimum absolute atomic E-state index is 0.795. The van der Waals surface area contributed by atoms with Gasteiger partial charge in [0.25, 0.3) is 0 Å². The quantitative estimate of drug-likeness (QED) is 0.259. The molecule has 0 atom stereocenters. The summed E-state index contributed by atoms with van der Waals surface area (Å²) in [5, 5.41) is 8.70. The fourth-order valence-corrected chi connectivity index (χ4v) is 1.06. The number of unbranched alkanes of at least 4 members (excludes halogenated alkanes) is 3. The normalized spacial score (nSPS) is 8.92. The van der Waals surface area contributed by atoms with E-state index in [4.69, 9.17) is 5.26 Å². The Balaban J connectivity index is 3.46. The molecule has 0 fully saturated rings. The molecule has 0 aliphatic carbocycles. The van der Waals surface area contributed by atoms with Crippen molar-refractivity contribution in [3.63, 3.8) is 0 Å². The van der Waals surface area contributed by atoms with Crippen LogP contribution in [0.2, 0.25) is 0 Å². The maximum absolute atomic E-state index is 8.70. The first-order valence-electron chi connectivity index (χ1n) is 4.66. The SMILES string of the molecule is C=CCCCCCN(C#N)C(=C)C. The molecule has 0 bridgehead atoms. The van der Waals surface area contributed by atoms with E-state index < -0.39 is 0 Å². The van der Waals surface area contributed by atoms with Crippen LogP contribution in [-0.2, 0) is 0 Å². The molecule has 0 N–H and O–H groups in total. The van der Waals surface area contributed by atoms with Crippen LogP contribution in [-0.4, -0.2) is 11.4 Å². The van der Waals surface area contributed by atoms with Crippen molar-refractivity contribution in [3.05, 3.63) is 24.9 Å². The molecule has 0 aliphatic heterocycles. The van der Waals surface area contributed by atoms with Crippen LogP contribution in [0.3, 0.4) is 0 Å². The Bertz CT molecular complexity index is 201. The van der Waals surface area contributed by atoms with Crippen LogP contribution in [0.1, 0.15) is 32.6 Å². The summed E-state index contributed by atoms with van der Waals surface area (Å²) in [5.74, 6) is 0. The lowest BCUT2D eigenvalue weighted by atomic mass is 10.2. The fraction of sp³-hybridized carbons (Fsp3) is 0.545. The van der Waals surface area contributed by atoms with Gasteiger partial charge in [-0.15, -0.1) is 6.58 Å². The number of rotatable bonds is 7. The Kier molecular flexibility index (Phi) is 6.72. The van der Waals surface area contributed by atoms with Gasteiger partial charge in [-0.25, -0.2) is 0 Å². The van der Waals surface area contributed by atoms with Gasteiger partial charge >= 0.3 is 0 Å². The molecule has 72 valence electrons. The van der Waals surface area contributed by atoms with Crippen molar-refractivity contribution in [1.82, 2.24) is 4.90 Å². The number of allylic oxidation sites excluding steroid dienone is 2. The van der Waals surface area contributed by atoms with Gasteiger partial charge < -0.3 is 0 Å². The molecule has 0 spiro atoms. The number of nitriles is 1. The molecule has 0 aromatic carbocycles. The summed E-state index contributed by atoms with van der Waals surface area (Å²) >= 11 is 0. The van der Waals surface area contributed by atoms with Gasteiger partial charge in [-0.1, -0.05) is 19.1 Å². The summed E-state index contributed by atoms with van der Waals surface area (Å²) in [6.07, 6.45) is 8.47. The van der Waals surface area contributed by atoms with Crippen LogP contribution in [0.5, 0.6) is 0 Å². The van der Waals surface area contributed by atoms with Crippen molar-refractivity contribution in [2.75, 3.05) is 6.54 Å². The molecule has 2 heteroatoms. The first-order valence-corrected chi connectivity index (χ1v) is 4.66. The van der Waals surface area contributed by atoms with Gasteiger partial charge in [-0.2, -0.15) is 5.26 Å². The second-order valence-electron chi connectivity index (χ2n) is 3.12. The molecule has 0 aromatic rings. The molecular formula is C11H18N2. The fourth-order valence-electron chi connectivity index (χ4n) is 1.06. The Morgan fingerprint density at radius 1 is 1.46 bits per heavy atom. The average Bonchev–Trinajstić information content (AvgIpc) is 2.10. The second-order valence-corrected chi connectivity index (χ2v) is 3.12. The number of hydrogen-bond acceptors (Lipinski definition) is 2. The van der Waals surface area contributed by atoms with Gasteiger partial charge in [0.15, 0.2) is 6.19 Å². The first-order chi connectivity index (χ1) is 6.22. The van der Waals surface area contributed by atoms with E-state index >= 15 is 0 Å². The summed E-state index contributed by atoms with van der Waals surface area (Å²) in [7, 11) is 0. The standard InChI is InChI=1S/C11H18N2/c1-4-5-6-7-8-9-13(10-12)11(2)3/h4H,1-2,5-9H2,3H3. The van der Waals surface area contributed by atoms with E-state index in [-0.39, 0.29) is 0 Å². The lowest BCUT2D eigenvalue weighted by Gasteiger charge is -2.14. The lowest BCUT2D eigenvalue weighted by molar-refractivity contribution is 0.457. The summed E-state index contributed by atoms with van der Waals surface area (Å²) < 4.78 is 0. The Hall–Kier alpha value is -1.23. The number of nitrogens with zero attached hydrogens (tertiary/aromatic N) is 2. The molecule has 0 radical (unpaired) electrons. The summed E-state index contributed by atoms with van der Waals surface area (Å²) in [6, 6.07) is 0. The van der Waals surface area contributed by atoms with Crippen LogP contribution < -0.4 is 0 Å². The van der Waals surface area contributed by atoms with Crippen LogP contribution in [0.4, 0.5) is 0 Å². The highest BCUT2D eigenvalue weighted by atomic mass is 15.1. The predicted molar refractivity (Wildman–Crippen MR) is 55.8 cm³/mol. The van der Waals surface area contributed by atoms with Crippen LogP contribution in [0.25, 0.3) is 0 Å². The zero-order chi connectivity index (χ0) is 10.1. The van der Waals surface area contributed by atoms with Gasteiger partial charge in [0, 0.05) is 12.2 Å². The minimum Gasteiger partial charge on any atom is -0.284 e. The van der Waals surface area contributed by atoms with Crippen molar-refractivity contribution in [2.45, 2.75) is 32.6 Å². The summed E-state index contributed by atoms with van der Waals surface area (Å²) in [4.78, 5) is 1.63. The molecule has 0 amide bonds. The maximum Gasteiger partial charge on any atom is 0.183 e. The highest BCUT2D eigenvalue weighted by Crippen LogP contribution is 2.04. The summed E-state index contributed by atoms with van der Waals surface area (Å²) in [5.41, 5.74) is 0.825. The van der Waals surface area contributed by atoms with E-state index in [1.54, 1.807) is 4.90 Å². The second kappa shape index (κ2) is 7.42. The topological polar surface area (TPSA) is 27.0 Å². The molecule has 0 saturated heterocycles. The van der Waals surface area contributed by atoms with E-state index in [9.17, 15) is 0 Å². The molecule has 2 nitrogen and oxygen atoms in total. The van der Waals surface area contributed by atoms with Crippen LogP contribution in [0.15, 0.2) is 24.9 Å². The molecule has 0 unspecified atom stereocenters. The molecule has 0 aromatic heterocycles. The Morgan fingerprint density at radius 2 is 2.15 bits per heavy atom. The van der Waals surface area contributed by atoms with Crippen molar-refractivity contribution in [2.24, 2.45) is 0 Å². The molecule has 0 aliphatic rings. The van der Waals surface area contributed by atoms with E-state index in [0.717, 1.165) is 31.5 Å². The third-order valence-corrected chi connectivity index (χ3v) is 1.87. The van der Waals surface area contributed by atoms with Gasteiger partial charge in [-0.3, -0.25) is 4.90 Å². The van der Waals surface area contributed by atoms with E-state index in [2.05, 4.69) is 19.4 Å². The molecule has 0 rings (SSSR count). The maximum atomic E-state index is 8.70. The zero-order valence-electron chi connectivity index (χ0n) is 8.42. The molecule has 0 saturated carbocycles. The van der Waals surface area contributed by atoms with Gasteiger partial charge in [0.05, 0.1) is 0 Å². The van der Waals surface area contributed by atoms with Gasteiger partial charge in [-0.05, 0) is 26.2 Å². The third kappa shape index (κ3) is 5.98. The largest absolute Gasteiger partial charge is 0.284 e. The Morgan fingerprint density at radius 3 is 2.62 bits per heavy atom. The van der Waals surface area contributed by atoms with Crippen LogP contribution in [0, 0.1) is 11.5 Å². The Labute approximate surface area is 81.2 Å². The molecule has 0 heterocycles. The highest BCUT2D eigenvalue weighted by Gasteiger charge is 2.00. The first kappa shape index (κ1) is 11.8. The van der Waals surface area contributed by atoms with Gasteiger partial charge in [0.2, 0.25) is 0 Å². The average molecular weight is 178 g/mol. The number of hydrogen-bond donors (Lipinski definition) is 0. The van der Waals surface area contributed by atoms with E-state index in [0.29, 0.717) is 0 Å². The molecular weight excluding hydrogens is 160 g/mol. The van der Waals surface area contributed by atoms with E-state index in [1.807, 2.05) is 13.0 Å². The smallest absolute Gasteiger partial charge is 0.183 e.